The highest BCUT2D eigenvalue weighted by molar-refractivity contribution is 5.80. The van der Waals surface area contributed by atoms with Crippen molar-refractivity contribution in [3.63, 3.8) is 0 Å². The lowest BCUT2D eigenvalue weighted by atomic mass is 10.0. The molecule has 2 N–H and O–H groups in total. The SMILES string of the molecule is CCCOc1cc(OC)cc(C(Nc2ccc(C#N)cc2)C(=O)O)c1F. The van der Waals surface area contributed by atoms with Crippen LogP contribution >= 0.6 is 0 Å². The van der Waals surface area contributed by atoms with Crippen molar-refractivity contribution >= 4 is 11.7 Å². The van der Waals surface area contributed by atoms with Gasteiger partial charge in [-0.25, -0.2) is 9.18 Å². The van der Waals surface area contributed by atoms with E-state index in [4.69, 9.17) is 14.7 Å². The number of anilines is 1. The first kappa shape index (κ1) is 19.1. The molecule has 0 radical (unpaired) electrons. The number of nitrogens with one attached hydrogen (secondary N) is 1. The largest absolute Gasteiger partial charge is 0.497 e. The minimum atomic E-state index is -1.36. The lowest BCUT2D eigenvalue weighted by Crippen LogP contribution is -2.22. The number of methoxy groups -OCH3 is 1. The van der Waals surface area contributed by atoms with Gasteiger partial charge in [0.2, 0.25) is 0 Å². The first-order valence-electron chi connectivity index (χ1n) is 7.99. The molecule has 0 spiro atoms. The Kier molecular flexibility index (Phi) is 6.39. The molecule has 0 heterocycles. The monoisotopic (exact) mass is 358 g/mol. The number of hydrogen-bond donors (Lipinski definition) is 2. The van der Waals surface area contributed by atoms with Gasteiger partial charge in [-0.3, -0.25) is 0 Å². The molecule has 7 heteroatoms. The van der Waals surface area contributed by atoms with E-state index in [-0.39, 0.29) is 11.3 Å². The Morgan fingerprint density at radius 1 is 1.35 bits per heavy atom. The molecule has 1 unspecified atom stereocenters. The van der Waals surface area contributed by atoms with Crippen molar-refractivity contribution in [2.24, 2.45) is 0 Å². The first-order valence-corrected chi connectivity index (χ1v) is 7.99. The molecule has 0 aliphatic rings. The number of carboxylic acids is 1. The van der Waals surface area contributed by atoms with Crippen LogP contribution in [0, 0.1) is 17.1 Å². The quantitative estimate of drug-likeness (QED) is 0.747. The molecule has 26 heavy (non-hydrogen) atoms. The maximum atomic E-state index is 14.8. The summed E-state index contributed by atoms with van der Waals surface area (Å²) in [6.45, 7) is 2.18. The molecule has 0 aliphatic carbocycles. The first-order chi connectivity index (χ1) is 12.5. The van der Waals surface area contributed by atoms with Gasteiger partial charge in [0.15, 0.2) is 17.6 Å². The van der Waals surface area contributed by atoms with E-state index in [2.05, 4.69) is 5.32 Å². The van der Waals surface area contributed by atoms with E-state index in [9.17, 15) is 14.3 Å². The number of carbonyl (C=O) groups is 1. The number of benzene rings is 2. The minimum Gasteiger partial charge on any atom is -0.497 e. The Morgan fingerprint density at radius 3 is 2.58 bits per heavy atom. The second-order valence-electron chi connectivity index (χ2n) is 5.48. The second-order valence-corrected chi connectivity index (χ2v) is 5.48. The Balaban J connectivity index is 2.41. The van der Waals surface area contributed by atoms with Crippen LogP contribution in [-0.4, -0.2) is 24.8 Å². The maximum Gasteiger partial charge on any atom is 0.330 e. The number of carboxylic acid groups (broad SMARTS) is 1. The number of nitrogens with zero attached hydrogens (tertiary/aromatic N) is 1. The normalized spacial score (nSPS) is 11.3. The third-order valence-electron chi connectivity index (χ3n) is 3.62. The average Bonchev–Trinajstić information content (AvgIpc) is 2.65. The fourth-order valence-corrected chi connectivity index (χ4v) is 2.32. The van der Waals surface area contributed by atoms with E-state index in [0.717, 1.165) is 0 Å². The number of ether oxygens (including phenoxy) is 2. The van der Waals surface area contributed by atoms with E-state index in [1.54, 1.807) is 24.3 Å². The summed E-state index contributed by atoms with van der Waals surface area (Å²) in [5.41, 5.74) is 0.771. The van der Waals surface area contributed by atoms with Gasteiger partial charge in [-0.15, -0.1) is 0 Å². The van der Waals surface area contributed by atoms with E-state index >= 15 is 0 Å². The Morgan fingerprint density at radius 2 is 2.04 bits per heavy atom. The lowest BCUT2D eigenvalue weighted by molar-refractivity contribution is -0.138. The van der Waals surface area contributed by atoms with Gasteiger partial charge in [0.1, 0.15) is 5.75 Å². The summed E-state index contributed by atoms with van der Waals surface area (Å²) >= 11 is 0. The molecule has 1 atom stereocenters. The molecule has 0 fully saturated rings. The van der Waals surface area contributed by atoms with E-state index in [1.807, 2.05) is 13.0 Å². The summed E-state index contributed by atoms with van der Waals surface area (Å²) in [4.78, 5) is 11.7. The summed E-state index contributed by atoms with van der Waals surface area (Å²) in [5.74, 6) is -1.79. The third-order valence-corrected chi connectivity index (χ3v) is 3.62. The highest BCUT2D eigenvalue weighted by Crippen LogP contribution is 2.33. The predicted molar refractivity (Wildman–Crippen MR) is 93.9 cm³/mol. The molecule has 2 rings (SSSR count). The maximum absolute atomic E-state index is 14.8. The number of halogens is 1. The number of rotatable bonds is 8. The summed E-state index contributed by atoms with van der Waals surface area (Å²) in [5, 5.41) is 21.2. The zero-order valence-electron chi connectivity index (χ0n) is 14.5. The van der Waals surface area contributed by atoms with Gasteiger partial charge in [0, 0.05) is 17.3 Å². The van der Waals surface area contributed by atoms with Gasteiger partial charge >= 0.3 is 5.97 Å². The molecular formula is C19H19FN2O4. The predicted octanol–water partition coefficient (Wildman–Crippen LogP) is 3.73. The molecule has 0 aromatic heterocycles. The van der Waals surface area contributed by atoms with Gasteiger partial charge in [-0.2, -0.15) is 5.26 Å². The topological polar surface area (TPSA) is 91.6 Å². The molecular weight excluding hydrogens is 339 g/mol. The standard InChI is InChI=1S/C19H19FN2O4/c1-3-8-26-16-10-14(25-2)9-15(17(16)20)18(19(23)24)22-13-6-4-12(11-21)5-7-13/h4-7,9-10,18,22H,3,8H2,1-2H3,(H,23,24). The Hall–Kier alpha value is -3.27. The third kappa shape index (κ3) is 4.42. The summed E-state index contributed by atoms with van der Waals surface area (Å²) in [7, 11) is 1.41. The van der Waals surface area contributed by atoms with Crippen molar-refractivity contribution in [2.45, 2.75) is 19.4 Å². The van der Waals surface area contributed by atoms with Crippen molar-refractivity contribution in [2.75, 3.05) is 19.0 Å². The second kappa shape index (κ2) is 8.72. The van der Waals surface area contributed by atoms with E-state index < -0.39 is 17.8 Å². The zero-order valence-corrected chi connectivity index (χ0v) is 14.5. The van der Waals surface area contributed by atoms with Crippen LogP contribution in [0.4, 0.5) is 10.1 Å². The molecule has 2 aromatic rings. The van der Waals surface area contributed by atoms with Crippen LogP contribution in [0.15, 0.2) is 36.4 Å². The molecule has 0 amide bonds. The van der Waals surface area contributed by atoms with Crippen molar-refractivity contribution in [1.82, 2.24) is 0 Å². The lowest BCUT2D eigenvalue weighted by Gasteiger charge is -2.19. The smallest absolute Gasteiger partial charge is 0.330 e. The van der Waals surface area contributed by atoms with Gasteiger partial charge in [0.25, 0.3) is 0 Å². The highest BCUT2D eigenvalue weighted by atomic mass is 19.1. The van der Waals surface area contributed by atoms with Crippen molar-refractivity contribution < 1.29 is 23.8 Å². The molecule has 6 nitrogen and oxygen atoms in total. The minimum absolute atomic E-state index is 0.0610. The average molecular weight is 358 g/mol. The van der Waals surface area contributed by atoms with Crippen LogP contribution in [0.5, 0.6) is 11.5 Å². The summed E-state index contributed by atoms with van der Waals surface area (Å²) < 4.78 is 25.3. The van der Waals surface area contributed by atoms with Crippen LogP contribution < -0.4 is 14.8 Å². The summed E-state index contributed by atoms with van der Waals surface area (Å²) in [6.07, 6.45) is 0.678. The van der Waals surface area contributed by atoms with Crippen LogP contribution in [0.3, 0.4) is 0 Å². The van der Waals surface area contributed by atoms with Crippen LogP contribution in [0.2, 0.25) is 0 Å². The fourth-order valence-electron chi connectivity index (χ4n) is 2.32. The molecule has 0 saturated carbocycles. The van der Waals surface area contributed by atoms with Crippen molar-refractivity contribution in [1.29, 1.82) is 5.26 Å². The zero-order chi connectivity index (χ0) is 19.1. The molecule has 0 saturated heterocycles. The van der Waals surface area contributed by atoms with Crippen LogP contribution in [-0.2, 0) is 4.79 Å². The Labute approximate surface area is 150 Å². The number of aliphatic carboxylic acids is 1. The molecule has 2 aromatic carbocycles. The van der Waals surface area contributed by atoms with Crippen molar-refractivity contribution in [3.8, 4) is 17.6 Å². The van der Waals surface area contributed by atoms with E-state index in [1.165, 1.54) is 19.2 Å². The molecule has 136 valence electrons. The summed E-state index contributed by atoms with van der Waals surface area (Å²) in [6, 6.07) is 9.52. The van der Waals surface area contributed by atoms with Gasteiger partial charge in [-0.1, -0.05) is 6.92 Å². The van der Waals surface area contributed by atoms with Crippen LogP contribution in [0.1, 0.15) is 30.5 Å². The van der Waals surface area contributed by atoms with Gasteiger partial charge in [-0.05, 0) is 36.8 Å². The van der Waals surface area contributed by atoms with Crippen LogP contribution in [0.25, 0.3) is 0 Å². The Bertz CT molecular complexity index is 816. The highest BCUT2D eigenvalue weighted by Gasteiger charge is 2.26. The molecule has 0 aliphatic heterocycles. The fraction of sp³-hybridized carbons (Fsp3) is 0.263. The van der Waals surface area contributed by atoms with Gasteiger partial charge in [0.05, 0.1) is 25.3 Å². The number of hydrogen-bond acceptors (Lipinski definition) is 5. The number of nitriles is 1. The molecule has 0 bridgehead atoms. The van der Waals surface area contributed by atoms with E-state index in [0.29, 0.717) is 30.0 Å². The van der Waals surface area contributed by atoms with Crippen molar-refractivity contribution in [3.05, 3.63) is 53.3 Å². The van der Waals surface area contributed by atoms with Gasteiger partial charge < -0.3 is 19.9 Å².